The van der Waals surface area contributed by atoms with E-state index >= 15 is 0 Å². The molecule has 3 aromatic rings. The van der Waals surface area contributed by atoms with Gasteiger partial charge in [-0.2, -0.15) is 0 Å². The fraction of sp³-hybridized carbons (Fsp3) is 0.267. The summed E-state index contributed by atoms with van der Waals surface area (Å²) in [5, 5.41) is 20.6. The van der Waals surface area contributed by atoms with Gasteiger partial charge in [0.25, 0.3) is 0 Å². The monoisotopic (exact) mass is 443 g/mol. The van der Waals surface area contributed by atoms with E-state index in [0.29, 0.717) is 6.54 Å². The first kappa shape index (κ1) is 26.1. The van der Waals surface area contributed by atoms with Gasteiger partial charge in [0.05, 0.1) is 6.61 Å². The van der Waals surface area contributed by atoms with Crippen LogP contribution in [0.2, 0.25) is 0 Å². The summed E-state index contributed by atoms with van der Waals surface area (Å²) in [6.07, 6.45) is 18.9. The van der Waals surface area contributed by atoms with Gasteiger partial charge in [-0.1, -0.05) is 92.8 Å². The number of benzene rings is 2. The van der Waals surface area contributed by atoms with Crippen molar-refractivity contribution in [2.24, 2.45) is 0 Å². The first-order valence-corrected chi connectivity index (χ1v) is 11.7. The molecule has 3 rings (SSSR count). The highest BCUT2D eigenvalue weighted by molar-refractivity contribution is 6.08. The number of allylic oxidation sites excluding steroid dienone is 8. The molecule has 0 aliphatic heterocycles. The number of rotatable bonds is 9. The number of nitrogens with zero attached hydrogens (tertiary/aromatic N) is 1. The lowest BCUT2D eigenvalue weighted by Gasteiger charge is -2.11. The van der Waals surface area contributed by atoms with Gasteiger partial charge >= 0.3 is 0 Å². The summed E-state index contributed by atoms with van der Waals surface area (Å²) < 4.78 is 2.35. The van der Waals surface area contributed by atoms with Crippen molar-refractivity contribution in [3.8, 4) is 0 Å². The Labute approximate surface area is 198 Å². The van der Waals surface area contributed by atoms with E-state index in [0.717, 1.165) is 25.5 Å². The van der Waals surface area contributed by atoms with Crippen molar-refractivity contribution < 1.29 is 10.2 Å². The molecule has 0 unspecified atom stereocenters. The number of fused-ring (bicyclic) bond motifs is 3. The highest BCUT2D eigenvalue weighted by Crippen LogP contribution is 2.32. The number of hydrogen-bond donors (Lipinski definition) is 2. The summed E-state index contributed by atoms with van der Waals surface area (Å²) in [5.74, 6) is 0. The average Bonchev–Trinajstić information content (AvgIpc) is 3.24. The van der Waals surface area contributed by atoms with E-state index in [1.807, 2.05) is 6.08 Å². The predicted octanol–water partition coefficient (Wildman–Crippen LogP) is 7.21. The second-order valence-corrected chi connectivity index (χ2v) is 7.57. The van der Waals surface area contributed by atoms with Gasteiger partial charge in [0, 0.05) is 30.3 Å². The molecule has 0 saturated heterocycles. The van der Waals surface area contributed by atoms with E-state index in [1.165, 1.54) is 32.9 Å². The first-order chi connectivity index (χ1) is 16.2. The van der Waals surface area contributed by atoms with E-state index in [9.17, 15) is 5.11 Å². The Bertz CT molecular complexity index is 1170. The fourth-order valence-corrected chi connectivity index (χ4v) is 3.83. The molecule has 2 aromatic carbocycles. The van der Waals surface area contributed by atoms with E-state index < -0.39 is 0 Å². The lowest BCUT2D eigenvalue weighted by atomic mass is 10.1. The molecule has 0 bridgehead atoms. The van der Waals surface area contributed by atoms with E-state index in [4.69, 9.17) is 5.11 Å². The van der Waals surface area contributed by atoms with Crippen LogP contribution in [0.4, 0.5) is 0 Å². The summed E-state index contributed by atoms with van der Waals surface area (Å²) in [4.78, 5) is 0. The lowest BCUT2D eigenvalue weighted by molar-refractivity contribution is 0.334. The van der Waals surface area contributed by atoms with Crippen LogP contribution in [-0.2, 0) is 6.54 Å². The second kappa shape index (κ2) is 14.1. The molecule has 0 spiro atoms. The van der Waals surface area contributed by atoms with E-state index in [-0.39, 0.29) is 6.61 Å². The normalized spacial score (nSPS) is 13.0. The Morgan fingerprint density at radius 1 is 0.939 bits per heavy atom. The molecule has 1 heterocycles. The van der Waals surface area contributed by atoms with Crippen molar-refractivity contribution in [3.05, 3.63) is 102 Å². The lowest BCUT2D eigenvalue weighted by Crippen LogP contribution is -2.02. The van der Waals surface area contributed by atoms with Crippen LogP contribution in [0, 0.1) is 0 Å². The van der Waals surface area contributed by atoms with Crippen LogP contribution in [0.25, 0.3) is 27.2 Å². The molecule has 0 aliphatic carbocycles. The smallest absolute Gasteiger partial charge is 0.0679 e. The third-order valence-corrected chi connectivity index (χ3v) is 5.39. The van der Waals surface area contributed by atoms with Crippen LogP contribution >= 0.6 is 0 Å². The quantitative estimate of drug-likeness (QED) is 0.343. The molecule has 0 aliphatic rings. The van der Waals surface area contributed by atoms with Gasteiger partial charge in [0.1, 0.15) is 0 Å². The molecule has 2 N–H and O–H groups in total. The number of aromatic nitrogens is 1. The van der Waals surface area contributed by atoms with Crippen LogP contribution in [-0.4, -0.2) is 28.5 Å². The largest absolute Gasteiger partial charge is 0.400 e. The molecule has 3 heteroatoms. The highest BCUT2D eigenvalue weighted by atomic mass is 16.3. The molecule has 0 amide bonds. The predicted molar refractivity (Wildman–Crippen MR) is 144 cm³/mol. The summed E-state index contributed by atoms with van der Waals surface area (Å²) in [6, 6.07) is 15.3. The third-order valence-electron chi connectivity index (χ3n) is 5.39. The average molecular weight is 444 g/mol. The summed E-state index contributed by atoms with van der Waals surface area (Å²) in [7, 11) is 1.00. The Morgan fingerprint density at radius 2 is 1.70 bits per heavy atom. The van der Waals surface area contributed by atoms with Crippen molar-refractivity contribution in [3.63, 3.8) is 0 Å². The Hall–Kier alpha value is -3.14. The summed E-state index contributed by atoms with van der Waals surface area (Å²) >= 11 is 0. The van der Waals surface area contributed by atoms with Gasteiger partial charge in [0.2, 0.25) is 0 Å². The molecular formula is C30H37NO2. The zero-order valence-corrected chi connectivity index (χ0v) is 20.3. The van der Waals surface area contributed by atoms with Crippen molar-refractivity contribution >= 4 is 27.2 Å². The zero-order valence-electron chi connectivity index (χ0n) is 20.3. The first-order valence-electron chi connectivity index (χ1n) is 11.7. The van der Waals surface area contributed by atoms with Gasteiger partial charge < -0.3 is 14.8 Å². The van der Waals surface area contributed by atoms with E-state index in [2.05, 4.69) is 110 Å². The highest BCUT2D eigenvalue weighted by Gasteiger charge is 2.13. The Balaban J connectivity index is 0.00000187. The Morgan fingerprint density at radius 3 is 2.39 bits per heavy atom. The minimum atomic E-state index is 0.0464. The maximum atomic E-state index is 9.78. The topological polar surface area (TPSA) is 45.4 Å². The molecule has 33 heavy (non-hydrogen) atoms. The van der Waals surface area contributed by atoms with Crippen molar-refractivity contribution in [2.75, 3.05) is 13.7 Å². The van der Waals surface area contributed by atoms with Crippen LogP contribution in [0.15, 0.2) is 96.6 Å². The van der Waals surface area contributed by atoms with Gasteiger partial charge in [-0.05, 0) is 53.8 Å². The summed E-state index contributed by atoms with van der Waals surface area (Å²) in [5.41, 5.74) is 4.50. The molecule has 0 fully saturated rings. The molecule has 0 radical (unpaired) electrons. The number of aliphatic hydroxyl groups is 2. The minimum absolute atomic E-state index is 0.0464. The molecule has 0 atom stereocenters. The maximum Gasteiger partial charge on any atom is 0.0679 e. The Kier molecular flexibility index (Phi) is 11.2. The fourth-order valence-electron chi connectivity index (χ4n) is 3.83. The van der Waals surface area contributed by atoms with Gasteiger partial charge in [-0.15, -0.1) is 0 Å². The minimum Gasteiger partial charge on any atom is -0.400 e. The molecule has 1 aromatic heterocycles. The number of aliphatic hydroxyl groups excluding tert-OH is 2. The van der Waals surface area contributed by atoms with E-state index in [1.54, 1.807) is 0 Å². The van der Waals surface area contributed by atoms with Crippen LogP contribution in [0.5, 0.6) is 0 Å². The van der Waals surface area contributed by atoms with Crippen LogP contribution in [0.1, 0.15) is 39.3 Å². The van der Waals surface area contributed by atoms with Crippen LogP contribution in [0.3, 0.4) is 0 Å². The van der Waals surface area contributed by atoms with Gasteiger partial charge in [-0.25, -0.2) is 0 Å². The van der Waals surface area contributed by atoms with Crippen molar-refractivity contribution in [1.82, 2.24) is 4.57 Å². The number of hydrogen-bond acceptors (Lipinski definition) is 2. The molecule has 174 valence electrons. The molecule has 0 saturated carbocycles. The SMILES string of the molecule is CO.C\C=C/C(=C\C=C\CC)c1cc2c3ccccc3ccc2n1C/C=C(\C=C/CC)CO. The summed E-state index contributed by atoms with van der Waals surface area (Å²) in [6.45, 7) is 7.05. The molecular weight excluding hydrogens is 406 g/mol. The van der Waals surface area contributed by atoms with Gasteiger partial charge in [0.15, 0.2) is 0 Å². The van der Waals surface area contributed by atoms with Gasteiger partial charge in [-0.3, -0.25) is 0 Å². The maximum absolute atomic E-state index is 9.78. The second-order valence-electron chi connectivity index (χ2n) is 7.57. The van der Waals surface area contributed by atoms with Crippen molar-refractivity contribution in [2.45, 2.75) is 40.2 Å². The molecule has 3 nitrogen and oxygen atoms in total. The standard InChI is InChI=1S/C29H33NO.CH4O/c1-4-7-9-15-25(12-6-3)29-21-27-26-16-11-10-14-24(26)17-18-28(27)30(29)20-19-23(22-31)13-8-5-2;1-2/h6-19,21,31H,4-5,20,22H2,1-3H3;2H,1H3/b9-7+,12-6-,13-8-,23-19+,25-15+;. The van der Waals surface area contributed by atoms with Crippen molar-refractivity contribution in [1.29, 1.82) is 0 Å². The third kappa shape index (κ3) is 6.67. The van der Waals surface area contributed by atoms with Crippen LogP contribution < -0.4 is 0 Å². The zero-order chi connectivity index (χ0) is 24.1.